The van der Waals surface area contributed by atoms with Crippen molar-refractivity contribution in [2.24, 2.45) is 4.99 Å². The van der Waals surface area contributed by atoms with E-state index in [0.717, 1.165) is 5.56 Å². The number of hydrogen-bond donors (Lipinski definition) is 2. The fourth-order valence-electron chi connectivity index (χ4n) is 2.81. The molecular weight excluding hydrogens is 328 g/mol. The van der Waals surface area contributed by atoms with Crippen LogP contribution >= 0.6 is 0 Å². The van der Waals surface area contributed by atoms with Gasteiger partial charge in [0.05, 0.1) is 17.1 Å². The lowest BCUT2D eigenvalue weighted by Gasteiger charge is -2.19. The third-order valence-electron chi connectivity index (χ3n) is 4.07. The van der Waals surface area contributed by atoms with Crippen molar-refractivity contribution in [2.75, 3.05) is 5.32 Å². The number of carbonyl (C=O) groups excluding carboxylic acids is 1. The Morgan fingerprint density at radius 2 is 1.58 bits per heavy atom. The summed E-state index contributed by atoms with van der Waals surface area (Å²) >= 11 is 0. The van der Waals surface area contributed by atoms with Crippen molar-refractivity contribution < 1.29 is 14.6 Å². The zero-order valence-corrected chi connectivity index (χ0v) is 13.8. The topological polar surface area (TPSA) is 70.9 Å². The van der Waals surface area contributed by atoms with Crippen LogP contribution < -0.4 is 10.1 Å². The van der Waals surface area contributed by atoms with Gasteiger partial charge in [-0.1, -0.05) is 54.6 Å². The van der Waals surface area contributed by atoms with Gasteiger partial charge in [-0.15, -0.1) is 0 Å². The van der Waals surface area contributed by atoms with Crippen LogP contribution in [0.15, 0.2) is 83.9 Å². The molecule has 3 aromatic carbocycles. The van der Waals surface area contributed by atoms with Crippen LogP contribution in [0, 0.1) is 0 Å². The van der Waals surface area contributed by atoms with Crippen LogP contribution in [0.2, 0.25) is 0 Å². The number of hydrogen-bond acceptors (Lipinski definition) is 4. The highest BCUT2D eigenvalue weighted by Gasteiger charge is 2.31. The van der Waals surface area contributed by atoms with Crippen molar-refractivity contribution in [3.8, 4) is 11.5 Å². The molecule has 1 atom stereocenters. The van der Waals surface area contributed by atoms with E-state index in [0.29, 0.717) is 17.1 Å². The normalized spacial score (nSPS) is 16.1. The molecule has 1 amide bonds. The summed E-state index contributed by atoms with van der Waals surface area (Å²) < 4.78 is 5.88. The number of ether oxygens (including phenoxy) is 1. The Bertz CT molecular complexity index is 983. The number of nitrogens with one attached hydrogen (secondary N) is 1. The zero-order valence-electron chi connectivity index (χ0n) is 13.8. The maximum Gasteiger partial charge on any atom is 0.271 e. The number of benzene rings is 3. The van der Waals surface area contributed by atoms with Crippen molar-refractivity contribution in [1.82, 2.24) is 0 Å². The van der Waals surface area contributed by atoms with Gasteiger partial charge >= 0.3 is 0 Å². The van der Waals surface area contributed by atoms with E-state index < -0.39 is 6.10 Å². The molecule has 1 unspecified atom stereocenters. The number of phenols is 1. The second-order valence-corrected chi connectivity index (χ2v) is 5.84. The Hall–Kier alpha value is -3.60. The van der Waals surface area contributed by atoms with Crippen molar-refractivity contribution in [1.29, 1.82) is 0 Å². The maximum absolute atomic E-state index is 12.9. The molecule has 2 N–H and O–H groups in total. The zero-order chi connectivity index (χ0) is 17.9. The van der Waals surface area contributed by atoms with Gasteiger partial charge in [0.25, 0.3) is 5.91 Å². The highest BCUT2D eigenvalue weighted by Crippen LogP contribution is 2.32. The summed E-state index contributed by atoms with van der Waals surface area (Å²) in [4.78, 5) is 17.6. The van der Waals surface area contributed by atoms with Crippen molar-refractivity contribution in [3.63, 3.8) is 0 Å². The van der Waals surface area contributed by atoms with Crippen LogP contribution in [0.1, 0.15) is 5.56 Å². The second kappa shape index (κ2) is 6.72. The van der Waals surface area contributed by atoms with Crippen LogP contribution in [0.4, 0.5) is 11.4 Å². The Balaban J connectivity index is 1.83. The SMILES string of the molecule is O=C1Nc2ccccc2N=C(c2ccccc2)C1Oc1ccccc1O. The quantitative estimate of drug-likeness (QED) is 0.757. The largest absolute Gasteiger partial charge is 0.504 e. The molecule has 4 rings (SSSR count). The number of carbonyl (C=O) groups is 1. The Kier molecular flexibility index (Phi) is 4.11. The standard InChI is InChI=1S/C21H16N2O3/c24-17-12-6-7-13-18(17)26-20-19(14-8-2-1-3-9-14)22-15-10-4-5-11-16(15)23-21(20)25/h1-13,20,24H,(H,23,25). The number of anilines is 1. The first-order valence-electron chi connectivity index (χ1n) is 8.21. The summed E-state index contributed by atoms with van der Waals surface area (Å²) in [5, 5.41) is 12.9. The van der Waals surface area contributed by atoms with Crippen LogP contribution in [-0.2, 0) is 4.79 Å². The molecule has 128 valence electrons. The number of amides is 1. The van der Waals surface area contributed by atoms with E-state index in [-0.39, 0.29) is 17.4 Å². The number of aromatic hydroxyl groups is 1. The van der Waals surface area contributed by atoms with Crippen molar-refractivity contribution in [2.45, 2.75) is 6.10 Å². The molecule has 26 heavy (non-hydrogen) atoms. The molecule has 3 aromatic rings. The molecule has 1 heterocycles. The van der Waals surface area contributed by atoms with Crippen molar-refractivity contribution in [3.05, 3.63) is 84.4 Å². The smallest absolute Gasteiger partial charge is 0.271 e. The molecule has 1 aliphatic rings. The first-order chi connectivity index (χ1) is 12.7. The van der Waals surface area contributed by atoms with E-state index in [1.807, 2.05) is 48.5 Å². The molecule has 1 aliphatic heterocycles. The van der Waals surface area contributed by atoms with Crippen LogP contribution in [0.5, 0.6) is 11.5 Å². The maximum atomic E-state index is 12.9. The number of rotatable bonds is 3. The number of para-hydroxylation sites is 4. The van der Waals surface area contributed by atoms with E-state index in [4.69, 9.17) is 9.73 Å². The van der Waals surface area contributed by atoms with E-state index in [2.05, 4.69) is 5.32 Å². The molecule has 0 radical (unpaired) electrons. The minimum Gasteiger partial charge on any atom is -0.504 e. The second-order valence-electron chi connectivity index (χ2n) is 5.84. The number of fused-ring (bicyclic) bond motifs is 1. The van der Waals surface area contributed by atoms with E-state index in [1.54, 1.807) is 24.3 Å². The molecular formula is C21H16N2O3. The van der Waals surface area contributed by atoms with Crippen molar-refractivity contribution >= 4 is 23.0 Å². The lowest BCUT2D eigenvalue weighted by Crippen LogP contribution is -2.39. The minimum absolute atomic E-state index is 0.0329. The molecule has 0 saturated heterocycles. The summed E-state index contributed by atoms with van der Waals surface area (Å²) in [5.74, 6) is -0.155. The molecule has 0 saturated carbocycles. The first kappa shape index (κ1) is 15.9. The predicted molar refractivity (Wildman–Crippen MR) is 100 cm³/mol. The number of phenolic OH excluding ortho intramolecular Hbond substituents is 1. The lowest BCUT2D eigenvalue weighted by atomic mass is 10.0. The van der Waals surface area contributed by atoms with Gasteiger partial charge in [0.15, 0.2) is 11.5 Å². The molecule has 0 fully saturated rings. The minimum atomic E-state index is -1.00. The molecule has 5 nitrogen and oxygen atoms in total. The van der Waals surface area contributed by atoms with Gasteiger partial charge in [0.1, 0.15) is 0 Å². The van der Waals surface area contributed by atoms with E-state index in [1.165, 1.54) is 6.07 Å². The summed E-state index contributed by atoms with van der Waals surface area (Å²) in [6, 6.07) is 23.3. The molecule has 5 heteroatoms. The van der Waals surface area contributed by atoms with Gasteiger partial charge in [0.2, 0.25) is 6.10 Å². The average molecular weight is 344 g/mol. The van der Waals surface area contributed by atoms with Gasteiger partial charge < -0.3 is 15.2 Å². The highest BCUT2D eigenvalue weighted by molar-refractivity contribution is 6.21. The van der Waals surface area contributed by atoms with Gasteiger partial charge in [-0.25, -0.2) is 4.99 Å². The molecule has 0 bridgehead atoms. The summed E-state index contributed by atoms with van der Waals surface area (Å²) in [5.41, 5.74) is 2.54. The average Bonchev–Trinajstić information content (AvgIpc) is 2.81. The monoisotopic (exact) mass is 344 g/mol. The predicted octanol–water partition coefficient (Wildman–Crippen LogP) is 3.91. The third-order valence-corrected chi connectivity index (χ3v) is 4.07. The first-order valence-corrected chi connectivity index (χ1v) is 8.21. The summed E-state index contributed by atoms with van der Waals surface area (Å²) in [6.45, 7) is 0. The van der Waals surface area contributed by atoms with Crippen LogP contribution in [0.3, 0.4) is 0 Å². The number of nitrogens with zero attached hydrogens (tertiary/aromatic N) is 1. The van der Waals surface area contributed by atoms with Crippen LogP contribution in [-0.4, -0.2) is 22.8 Å². The van der Waals surface area contributed by atoms with Gasteiger partial charge in [-0.05, 0) is 24.3 Å². The van der Waals surface area contributed by atoms with Gasteiger partial charge in [0, 0.05) is 5.56 Å². The van der Waals surface area contributed by atoms with Gasteiger partial charge in [-0.2, -0.15) is 0 Å². The fraction of sp³-hybridized carbons (Fsp3) is 0.0476. The molecule has 0 aromatic heterocycles. The number of aliphatic imine (C=N–C) groups is 1. The summed E-state index contributed by atoms with van der Waals surface area (Å²) in [7, 11) is 0. The van der Waals surface area contributed by atoms with E-state index >= 15 is 0 Å². The summed E-state index contributed by atoms with van der Waals surface area (Å²) in [6.07, 6.45) is -1.00. The van der Waals surface area contributed by atoms with E-state index in [9.17, 15) is 9.90 Å². The fourth-order valence-corrected chi connectivity index (χ4v) is 2.81. The lowest BCUT2D eigenvalue weighted by molar-refractivity contribution is -0.120. The Labute approximate surface area is 150 Å². The third kappa shape index (κ3) is 3.02. The molecule has 0 spiro atoms. The van der Waals surface area contributed by atoms with Crippen LogP contribution in [0.25, 0.3) is 0 Å². The van der Waals surface area contributed by atoms with Gasteiger partial charge in [-0.3, -0.25) is 4.79 Å². The Morgan fingerprint density at radius 3 is 2.38 bits per heavy atom. The Morgan fingerprint density at radius 1 is 0.885 bits per heavy atom. The highest BCUT2D eigenvalue weighted by atomic mass is 16.5. The molecule has 0 aliphatic carbocycles.